The Bertz CT molecular complexity index is 739. The van der Waals surface area contributed by atoms with Crippen LogP contribution in [0.1, 0.15) is 5.56 Å². The Balaban J connectivity index is 2.25. The smallest absolute Gasteiger partial charge is 0.213 e. The lowest BCUT2D eigenvalue weighted by atomic mass is 10.2. The van der Waals surface area contributed by atoms with E-state index < -0.39 is 20.0 Å². The van der Waals surface area contributed by atoms with Gasteiger partial charge in [0, 0.05) is 30.7 Å². The van der Waals surface area contributed by atoms with Gasteiger partial charge in [-0.1, -0.05) is 22.0 Å². The fourth-order valence-corrected chi connectivity index (χ4v) is 5.24. The lowest BCUT2D eigenvalue weighted by Gasteiger charge is -2.32. The van der Waals surface area contributed by atoms with Gasteiger partial charge >= 0.3 is 0 Å². The molecule has 0 unspecified atom stereocenters. The first-order valence-electron chi connectivity index (χ1n) is 6.34. The van der Waals surface area contributed by atoms with Crippen molar-refractivity contribution in [3.8, 4) is 0 Å². The lowest BCUT2D eigenvalue weighted by Crippen LogP contribution is -2.50. The monoisotopic (exact) mass is 396 g/mol. The fraction of sp³-hybridized carbons (Fsp3) is 0.500. The average molecular weight is 397 g/mol. The Morgan fingerprint density at radius 1 is 1.00 bits per heavy atom. The third-order valence-electron chi connectivity index (χ3n) is 3.43. The normalized spacial score (nSPS) is 18.8. The second-order valence-electron chi connectivity index (χ2n) is 4.98. The molecule has 1 fully saturated rings. The maximum Gasteiger partial charge on any atom is 0.243 e. The van der Waals surface area contributed by atoms with Crippen molar-refractivity contribution in [2.24, 2.45) is 0 Å². The van der Waals surface area contributed by atoms with Gasteiger partial charge < -0.3 is 0 Å². The summed E-state index contributed by atoms with van der Waals surface area (Å²) in [4.78, 5) is 0.254. The molecule has 1 aromatic rings. The number of piperazine rings is 1. The van der Waals surface area contributed by atoms with Crippen molar-refractivity contribution in [3.05, 3.63) is 28.2 Å². The molecule has 9 heteroatoms. The molecule has 0 aromatic heterocycles. The minimum atomic E-state index is -3.60. The molecule has 0 atom stereocenters. The van der Waals surface area contributed by atoms with Crippen LogP contribution in [0.4, 0.5) is 0 Å². The Kier molecular flexibility index (Phi) is 4.79. The van der Waals surface area contributed by atoms with E-state index in [1.807, 2.05) is 0 Å². The molecule has 1 heterocycles. The number of aryl methyl sites for hydroxylation is 1. The van der Waals surface area contributed by atoms with Crippen LogP contribution in [0.5, 0.6) is 0 Å². The topological polar surface area (TPSA) is 74.8 Å². The summed E-state index contributed by atoms with van der Waals surface area (Å²) in [5, 5.41) is 0. The van der Waals surface area contributed by atoms with E-state index in [1.54, 1.807) is 25.1 Å². The van der Waals surface area contributed by atoms with Crippen molar-refractivity contribution in [3.63, 3.8) is 0 Å². The van der Waals surface area contributed by atoms with Crippen LogP contribution >= 0.6 is 15.9 Å². The number of hydrogen-bond donors (Lipinski definition) is 0. The van der Waals surface area contributed by atoms with Gasteiger partial charge in [-0.3, -0.25) is 0 Å². The summed E-state index contributed by atoms with van der Waals surface area (Å²) in [5.41, 5.74) is 0.670. The number of rotatable bonds is 3. The van der Waals surface area contributed by atoms with E-state index in [0.29, 0.717) is 10.0 Å². The Labute approximate surface area is 134 Å². The fourth-order valence-electron chi connectivity index (χ4n) is 2.23. The highest BCUT2D eigenvalue weighted by atomic mass is 79.9. The van der Waals surface area contributed by atoms with E-state index in [-0.39, 0.29) is 31.1 Å². The molecule has 1 aliphatic heterocycles. The van der Waals surface area contributed by atoms with Crippen molar-refractivity contribution in [2.75, 3.05) is 32.4 Å². The summed E-state index contributed by atoms with van der Waals surface area (Å²) in [5.74, 6) is 0. The molecule has 0 aliphatic carbocycles. The first kappa shape index (κ1) is 16.9. The van der Waals surface area contributed by atoms with E-state index in [4.69, 9.17) is 0 Å². The van der Waals surface area contributed by atoms with Crippen LogP contribution in [-0.2, 0) is 20.0 Å². The zero-order valence-electron chi connectivity index (χ0n) is 11.8. The molecule has 0 N–H and O–H groups in total. The van der Waals surface area contributed by atoms with Crippen LogP contribution in [0.15, 0.2) is 27.6 Å². The molecule has 0 amide bonds. The van der Waals surface area contributed by atoms with Gasteiger partial charge in [-0.05, 0) is 24.6 Å². The molecule has 21 heavy (non-hydrogen) atoms. The van der Waals surface area contributed by atoms with Gasteiger partial charge in [0.05, 0.1) is 11.2 Å². The molecular weight excluding hydrogens is 380 g/mol. The summed E-state index contributed by atoms with van der Waals surface area (Å²) in [6.07, 6.45) is 1.13. The van der Waals surface area contributed by atoms with Gasteiger partial charge in [-0.15, -0.1) is 0 Å². The maximum absolute atomic E-state index is 12.7. The van der Waals surface area contributed by atoms with Gasteiger partial charge in [-0.2, -0.15) is 8.61 Å². The number of hydrogen-bond acceptors (Lipinski definition) is 4. The molecule has 0 saturated carbocycles. The van der Waals surface area contributed by atoms with E-state index in [9.17, 15) is 16.8 Å². The predicted octanol–water partition coefficient (Wildman–Crippen LogP) is 1.02. The number of sulfonamides is 2. The summed E-state index contributed by atoms with van der Waals surface area (Å²) < 4.78 is 51.6. The second kappa shape index (κ2) is 5.96. The van der Waals surface area contributed by atoms with Crippen molar-refractivity contribution in [1.82, 2.24) is 8.61 Å². The average Bonchev–Trinajstić information content (AvgIpc) is 2.40. The van der Waals surface area contributed by atoms with E-state index in [2.05, 4.69) is 15.9 Å². The van der Waals surface area contributed by atoms with Gasteiger partial charge in [0.1, 0.15) is 0 Å². The third-order valence-corrected chi connectivity index (χ3v) is 7.27. The highest BCUT2D eigenvalue weighted by Crippen LogP contribution is 2.24. The zero-order valence-corrected chi connectivity index (χ0v) is 15.0. The van der Waals surface area contributed by atoms with Crippen LogP contribution in [0.2, 0.25) is 0 Å². The number of halogens is 1. The SMILES string of the molecule is Cc1ccc(Br)cc1S(=O)(=O)N1CCN(S(C)(=O)=O)CC1. The molecule has 1 aliphatic rings. The summed E-state index contributed by atoms with van der Waals surface area (Å²) in [6.45, 7) is 2.45. The van der Waals surface area contributed by atoms with E-state index in [1.165, 1.54) is 8.61 Å². The quantitative estimate of drug-likeness (QED) is 0.764. The first-order chi connectivity index (χ1) is 9.62. The molecular formula is C12H17BrN2O4S2. The van der Waals surface area contributed by atoms with Crippen LogP contribution in [0.25, 0.3) is 0 Å². The minimum Gasteiger partial charge on any atom is -0.213 e. The Morgan fingerprint density at radius 2 is 1.52 bits per heavy atom. The Morgan fingerprint density at radius 3 is 2.05 bits per heavy atom. The predicted molar refractivity (Wildman–Crippen MR) is 84.1 cm³/mol. The summed E-state index contributed by atoms with van der Waals surface area (Å²) >= 11 is 3.28. The number of benzene rings is 1. The number of nitrogens with zero attached hydrogens (tertiary/aromatic N) is 2. The molecule has 2 rings (SSSR count). The molecule has 0 bridgehead atoms. The summed E-state index contributed by atoms with van der Waals surface area (Å²) in [7, 11) is -6.87. The van der Waals surface area contributed by atoms with Gasteiger partial charge in [-0.25, -0.2) is 16.8 Å². The van der Waals surface area contributed by atoms with Crippen molar-refractivity contribution in [2.45, 2.75) is 11.8 Å². The van der Waals surface area contributed by atoms with Gasteiger partial charge in [0.25, 0.3) is 0 Å². The standard InChI is InChI=1S/C12H17BrN2O4S2/c1-10-3-4-11(13)9-12(10)21(18,19)15-7-5-14(6-8-15)20(2,16)17/h3-4,9H,5-8H2,1-2H3. The van der Waals surface area contributed by atoms with Crippen LogP contribution < -0.4 is 0 Å². The van der Waals surface area contributed by atoms with Crippen LogP contribution in [0, 0.1) is 6.92 Å². The van der Waals surface area contributed by atoms with Crippen molar-refractivity contribution < 1.29 is 16.8 Å². The maximum atomic E-state index is 12.7. The van der Waals surface area contributed by atoms with Crippen molar-refractivity contribution >= 4 is 36.0 Å². The van der Waals surface area contributed by atoms with Crippen molar-refractivity contribution in [1.29, 1.82) is 0 Å². The largest absolute Gasteiger partial charge is 0.243 e. The molecule has 0 radical (unpaired) electrons. The summed E-state index contributed by atoms with van der Waals surface area (Å²) in [6, 6.07) is 5.10. The Hall–Kier alpha value is -0.480. The molecule has 6 nitrogen and oxygen atoms in total. The first-order valence-corrected chi connectivity index (χ1v) is 10.4. The highest BCUT2D eigenvalue weighted by Gasteiger charge is 2.32. The van der Waals surface area contributed by atoms with Crippen LogP contribution in [-0.4, -0.2) is 57.9 Å². The van der Waals surface area contributed by atoms with E-state index >= 15 is 0 Å². The molecule has 118 valence electrons. The van der Waals surface area contributed by atoms with Crippen LogP contribution in [0.3, 0.4) is 0 Å². The third kappa shape index (κ3) is 3.65. The highest BCUT2D eigenvalue weighted by molar-refractivity contribution is 9.10. The zero-order chi connectivity index (χ0) is 15.8. The minimum absolute atomic E-state index is 0.168. The molecule has 1 aromatic carbocycles. The molecule has 0 spiro atoms. The van der Waals surface area contributed by atoms with Gasteiger partial charge in [0.15, 0.2) is 0 Å². The van der Waals surface area contributed by atoms with Gasteiger partial charge in [0.2, 0.25) is 20.0 Å². The molecule has 1 saturated heterocycles. The van der Waals surface area contributed by atoms with E-state index in [0.717, 1.165) is 6.26 Å². The lowest BCUT2D eigenvalue weighted by molar-refractivity contribution is 0.274. The second-order valence-corrected chi connectivity index (χ2v) is 9.78.